The molecule has 1 atom stereocenters. The van der Waals surface area contributed by atoms with Crippen LogP contribution in [0, 0.1) is 12.8 Å². The summed E-state index contributed by atoms with van der Waals surface area (Å²) in [5, 5.41) is 10.4. The lowest BCUT2D eigenvalue weighted by molar-refractivity contribution is -0.149. The molecular formula is C21H19NO7. The van der Waals surface area contributed by atoms with E-state index in [4.69, 9.17) is 13.6 Å². The molecule has 1 amide bonds. The molecule has 1 saturated heterocycles. The van der Waals surface area contributed by atoms with Crippen molar-refractivity contribution in [2.75, 3.05) is 6.54 Å². The predicted octanol–water partition coefficient (Wildman–Crippen LogP) is 2.49. The molecule has 0 unspecified atom stereocenters. The highest BCUT2D eigenvalue weighted by atomic mass is 16.5. The number of amides is 1. The number of phenols is 1. The molecule has 0 saturated carbocycles. The van der Waals surface area contributed by atoms with Crippen molar-refractivity contribution < 1.29 is 28.3 Å². The van der Waals surface area contributed by atoms with E-state index in [0.717, 1.165) is 0 Å². The lowest BCUT2D eigenvalue weighted by atomic mass is 10.1. The van der Waals surface area contributed by atoms with Gasteiger partial charge in [-0.05, 0) is 31.2 Å². The van der Waals surface area contributed by atoms with Crippen LogP contribution in [0.3, 0.4) is 0 Å². The summed E-state index contributed by atoms with van der Waals surface area (Å²) in [5.74, 6) is -0.559. The highest BCUT2D eigenvalue weighted by Gasteiger charge is 2.35. The molecule has 150 valence electrons. The maximum atomic E-state index is 12.5. The summed E-state index contributed by atoms with van der Waals surface area (Å²) < 4.78 is 15.8. The summed E-state index contributed by atoms with van der Waals surface area (Å²) in [6.45, 7) is 2.06. The molecule has 0 aliphatic carbocycles. The van der Waals surface area contributed by atoms with E-state index in [1.807, 2.05) is 0 Å². The van der Waals surface area contributed by atoms with E-state index in [1.165, 1.54) is 18.4 Å². The van der Waals surface area contributed by atoms with Crippen molar-refractivity contribution in [2.24, 2.45) is 5.92 Å². The molecule has 4 rings (SSSR count). The fourth-order valence-electron chi connectivity index (χ4n) is 3.48. The van der Waals surface area contributed by atoms with Crippen LogP contribution in [-0.2, 0) is 27.5 Å². The van der Waals surface area contributed by atoms with Gasteiger partial charge in [0.2, 0.25) is 5.91 Å². The number of phenolic OH excluding ortho intramolecular Hbond substituents is 1. The van der Waals surface area contributed by atoms with Crippen LogP contribution in [0.15, 0.2) is 50.2 Å². The van der Waals surface area contributed by atoms with Gasteiger partial charge < -0.3 is 23.6 Å². The number of esters is 1. The second-order valence-electron chi connectivity index (χ2n) is 7.04. The quantitative estimate of drug-likeness (QED) is 0.520. The normalized spacial score (nSPS) is 16.5. The van der Waals surface area contributed by atoms with Crippen molar-refractivity contribution in [3.8, 4) is 5.75 Å². The van der Waals surface area contributed by atoms with Crippen LogP contribution in [-0.4, -0.2) is 28.4 Å². The van der Waals surface area contributed by atoms with Gasteiger partial charge in [0.25, 0.3) is 0 Å². The number of hydrogen-bond donors (Lipinski definition) is 1. The van der Waals surface area contributed by atoms with Gasteiger partial charge in [-0.2, -0.15) is 0 Å². The molecule has 1 aliphatic heterocycles. The Balaban J connectivity index is 1.46. The van der Waals surface area contributed by atoms with E-state index in [1.54, 1.807) is 30.0 Å². The molecule has 3 heterocycles. The van der Waals surface area contributed by atoms with Crippen molar-refractivity contribution >= 4 is 22.8 Å². The summed E-state index contributed by atoms with van der Waals surface area (Å²) in [5.41, 5.74) is 0.564. The first kappa shape index (κ1) is 18.8. The average Bonchev–Trinajstić information content (AvgIpc) is 3.33. The molecule has 1 N–H and O–H groups in total. The number of fused-ring (bicyclic) bond motifs is 1. The first-order valence-electron chi connectivity index (χ1n) is 9.14. The van der Waals surface area contributed by atoms with Gasteiger partial charge in [-0.15, -0.1) is 0 Å². The highest BCUT2D eigenvalue weighted by molar-refractivity contribution is 5.87. The molecule has 8 heteroatoms. The number of hydrogen-bond acceptors (Lipinski definition) is 7. The number of carbonyl (C=O) groups is 2. The number of aryl methyl sites for hydroxylation is 1. The zero-order valence-corrected chi connectivity index (χ0v) is 15.7. The monoisotopic (exact) mass is 397 g/mol. The molecule has 29 heavy (non-hydrogen) atoms. The number of furan rings is 1. The summed E-state index contributed by atoms with van der Waals surface area (Å²) >= 11 is 0. The third kappa shape index (κ3) is 3.73. The Kier molecular flexibility index (Phi) is 4.84. The Morgan fingerprint density at radius 2 is 2.14 bits per heavy atom. The Labute approximate surface area is 165 Å². The van der Waals surface area contributed by atoms with Crippen LogP contribution in [0.1, 0.15) is 23.3 Å². The zero-order chi connectivity index (χ0) is 20.5. The number of carbonyl (C=O) groups excluding carboxylic acids is 2. The fraction of sp³-hybridized carbons (Fsp3) is 0.286. The van der Waals surface area contributed by atoms with E-state index in [9.17, 15) is 19.5 Å². The van der Waals surface area contributed by atoms with E-state index in [-0.39, 0.29) is 36.8 Å². The van der Waals surface area contributed by atoms with Crippen molar-refractivity contribution in [3.05, 3.63) is 63.9 Å². The number of rotatable bonds is 5. The van der Waals surface area contributed by atoms with E-state index in [0.29, 0.717) is 28.8 Å². The molecule has 0 bridgehead atoms. The summed E-state index contributed by atoms with van der Waals surface area (Å²) in [6.07, 6.45) is 1.61. The maximum absolute atomic E-state index is 12.5. The number of benzene rings is 1. The fourth-order valence-corrected chi connectivity index (χ4v) is 3.48. The molecule has 3 aromatic rings. The number of likely N-dealkylation sites (tertiary alicyclic amines) is 1. The molecule has 1 aliphatic rings. The van der Waals surface area contributed by atoms with Crippen molar-refractivity contribution in [1.82, 2.24) is 4.90 Å². The third-order valence-electron chi connectivity index (χ3n) is 5.06. The van der Waals surface area contributed by atoms with E-state index in [2.05, 4.69) is 0 Å². The number of nitrogens with zero attached hydrogens (tertiary/aromatic N) is 1. The maximum Gasteiger partial charge on any atom is 0.336 e. The summed E-state index contributed by atoms with van der Waals surface area (Å²) in [6, 6.07) is 7.86. The van der Waals surface area contributed by atoms with Crippen molar-refractivity contribution in [3.63, 3.8) is 0 Å². The van der Waals surface area contributed by atoms with Gasteiger partial charge in [0.1, 0.15) is 23.7 Å². The first-order valence-corrected chi connectivity index (χ1v) is 9.14. The topological polar surface area (TPSA) is 110 Å². The second kappa shape index (κ2) is 7.46. The van der Waals surface area contributed by atoms with Gasteiger partial charge in [0.05, 0.1) is 18.7 Å². The Bertz CT molecular complexity index is 1130. The highest BCUT2D eigenvalue weighted by Crippen LogP contribution is 2.28. The van der Waals surface area contributed by atoms with Gasteiger partial charge in [-0.3, -0.25) is 9.59 Å². The van der Waals surface area contributed by atoms with Crippen molar-refractivity contribution in [1.29, 1.82) is 0 Å². The van der Waals surface area contributed by atoms with Crippen LogP contribution in [0.2, 0.25) is 0 Å². The van der Waals surface area contributed by atoms with Gasteiger partial charge >= 0.3 is 11.6 Å². The summed E-state index contributed by atoms with van der Waals surface area (Å²) in [7, 11) is 0. The van der Waals surface area contributed by atoms with Crippen molar-refractivity contribution in [2.45, 2.75) is 26.5 Å². The smallest absolute Gasteiger partial charge is 0.336 e. The van der Waals surface area contributed by atoms with Crippen LogP contribution in [0.4, 0.5) is 0 Å². The average molecular weight is 397 g/mol. The standard InChI is InChI=1S/C21H19NO7/c1-12-17(23)5-4-16-14(8-19(25)29-20(12)16)11-28-21(26)13-7-18(24)22(9-13)10-15-3-2-6-27-15/h2-6,8,13,23H,7,9-11H2,1H3/t13-/m0/s1. The molecule has 2 aromatic heterocycles. The minimum absolute atomic E-state index is 0.0101. The van der Waals surface area contributed by atoms with Gasteiger partial charge in [0, 0.05) is 35.5 Å². The SMILES string of the molecule is Cc1c(O)ccc2c(COC(=O)[C@H]3CC(=O)N(Cc4ccco4)C3)cc(=O)oc12. The number of ether oxygens (including phenoxy) is 1. The Morgan fingerprint density at radius 1 is 1.31 bits per heavy atom. The minimum atomic E-state index is -0.599. The molecule has 8 nitrogen and oxygen atoms in total. The molecule has 0 radical (unpaired) electrons. The van der Waals surface area contributed by atoms with Crippen LogP contribution in [0.25, 0.3) is 11.0 Å². The first-order chi connectivity index (χ1) is 13.9. The van der Waals surface area contributed by atoms with Gasteiger partial charge in [0.15, 0.2) is 0 Å². The van der Waals surface area contributed by atoms with Crippen LogP contribution in [0.5, 0.6) is 5.75 Å². The predicted molar refractivity (Wildman–Crippen MR) is 101 cm³/mol. The van der Waals surface area contributed by atoms with Crippen LogP contribution >= 0.6 is 0 Å². The van der Waals surface area contributed by atoms with Gasteiger partial charge in [-0.1, -0.05) is 0 Å². The largest absolute Gasteiger partial charge is 0.508 e. The second-order valence-corrected chi connectivity index (χ2v) is 7.04. The lowest BCUT2D eigenvalue weighted by Gasteiger charge is -2.15. The zero-order valence-electron chi connectivity index (χ0n) is 15.7. The Hall–Kier alpha value is -3.55. The Morgan fingerprint density at radius 3 is 2.90 bits per heavy atom. The third-order valence-corrected chi connectivity index (χ3v) is 5.06. The van der Waals surface area contributed by atoms with E-state index >= 15 is 0 Å². The number of aromatic hydroxyl groups is 1. The van der Waals surface area contributed by atoms with Crippen LogP contribution < -0.4 is 5.63 Å². The molecule has 1 aromatic carbocycles. The molecule has 1 fully saturated rings. The summed E-state index contributed by atoms with van der Waals surface area (Å²) in [4.78, 5) is 38.1. The van der Waals surface area contributed by atoms with Gasteiger partial charge in [-0.25, -0.2) is 4.79 Å². The molecular weight excluding hydrogens is 378 g/mol. The minimum Gasteiger partial charge on any atom is -0.508 e. The lowest BCUT2D eigenvalue weighted by Crippen LogP contribution is -2.26. The molecule has 0 spiro atoms. The van der Waals surface area contributed by atoms with E-state index < -0.39 is 17.5 Å².